The summed E-state index contributed by atoms with van der Waals surface area (Å²) in [4.78, 5) is 14.6. The van der Waals surface area contributed by atoms with E-state index in [-0.39, 0.29) is 5.91 Å². The summed E-state index contributed by atoms with van der Waals surface area (Å²) in [6, 6.07) is 5.75. The van der Waals surface area contributed by atoms with Crippen molar-refractivity contribution in [1.82, 2.24) is 4.90 Å². The molecule has 4 nitrogen and oxygen atoms in total. The molecule has 0 saturated heterocycles. The van der Waals surface area contributed by atoms with Crippen LogP contribution in [0.5, 0.6) is 11.5 Å². The highest BCUT2D eigenvalue weighted by atomic mass is 16.5. The van der Waals surface area contributed by atoms with E-state index in [2.05, 4.69) is 0 Å². The van der Waals surface area contributed by atoms with Gasteiger partial charge in [-0.3, -0.25) is 4.79 Å². The second kappa shape index (κ2) is 6.64. The first-order chi connectivity index (χ1) is 9.71. The molecular formula is C16H23NO3. The molecule has 4 heteroatoms. The van der Waals surface area contributed by atoms with Gasteiger partial charge in [-0.2, -0.15) is 0 Å². The van der Waals surface area contributed by atoms with E-state index in [1.807, 2.05) is 11.8 Å². The Kier molecular flexibility index (Phi) is 4.88. The Morgan fingerprint density at radius 2 is 1.85 bits per heavy atom. The highest BCUT2D eigenvalue weighted by molar-refractivity contribution is 5.95. The lowest BCUT2D eigenvalue weighted by molar-refractivity contribution is 0.0693. The first-order valence-corrected chi connectivity index (χ1v) is 7.24. The van der Waals surface area contributed by atoms with Crippen molar-refractivity contribution in [2.45, 2.75) is 38.6 Å². The van der Waals surface area contributed by atoms with Crippen molar-refractivity contribution in [3.05, 3.63) is 23.8 Å². The second-order valence-corrected chi connectivity index (χ2v) is 5.10. The van der Waals surface area contributed by atoms with Gasteiger partial charge in [-0.25, -0.2) is 0 Å². The molecule has 0 heterocycles. The standard InChI is InChI=1S/C16H23NO3/c1-4-17(13-7-5-6-8-13)16(18)12-9-10-14(19-2)15(11-12)20-3/h9-11,13H,4-8H2,1-3H3. The fourth-order valence-corrected chi connectivity index (χ4v) is 2.92. The van der Waals surface area contributed by atoms with Gasteiger partial charge in [0.25, 0.3) is 5.91 Å². The SMILES string of the molecule is CCN(C(=O)c1ccc(OC)c(OC)c1)C1CCCC1. The molecule has 1 aromatic rings. The number of carbonyl (C=O) groups excluding carboxylic acids is 1. The molecule has 0 spiro atoms. The molecule has 1 aromatic carbocycles. The molecule has 1 amide bonds. The largest absolute Gasteiger partial charge is 0.493 e. The molecule has 110 valence electrons. The number of rotatable bonds is 5. The highest BCUT2D eigenvalue weighted by Gasteiger charge is 2.26. The van der Waals surface area contributed by atoms with Gasteiger partial charge < -0.3 is 14.4 Å². The summed E-state index contributed by atoms with van der Waals surface area (Å²) in [5.74, 6) is 1.33. The van der Waals surface area contributed by atoms with Gasteiger partial charge in [-0.1, -0.05) is 12.8 Å². The zero-order chi connectivity index (χ0) is 14.5. The van der Waals surface area contributed by atoms with E-state index in [0.29, 0.717) is 23.1 Å². The minimum Gasteiger partial charge on any atom is -0.493 e. The zero-order valence-corrected chi connectivity index (χ0v) is 12.5. The van der Waals surface area contributed by atoms with Crippen molar-refractivity contribution in [2.24, 2.45) is 0 Å². The van der Waals surface area contributed by atoms with Crippen LogP contribution in [0.1, 0.15) is 43.0 Å². The molecule has 2 rings (SSSR count). The van der Waals surface area contributed by atoms with E-state index in [9.17, 15) is 4.79 Å². The van der Waals surface area contributed by atoms with E-state index in [1.165, 1.54) is 12.8 Å². The molecule has 0 aromatic heterocycles. The summed E-state index contributed by atoms with van der Waals surface area (Å²) in [6.45, 7) is 2.79. The smallest absolute Gasteiger partial charge is 0.254 e. The van der Waals surface area contributed by atoms with Gasteiger partial charge in [-0.15, -0.1) is 0 Å². The maximum absolute atomic E-state index is 12.7. The Labute approximate surface area is 120 Å². The molecule has 1 aliphatic rings. The molecule has 1 saturated carbocycles. The van der Waals surface area contributed by atoms with Crippen LogP contribution < -0.4 is 9.47 Å². The van der Waals surface area contributed by atoms with Crippen molar-refractivity contribution < 1.29 is 14.3 Å². The summed E-state index contributed by atoms with van der Waals surface area (Å²) < 4.78 is 10.5. The number of methoxy groups -OCH3 is 2. The predicted octanol–water partition coefficient (Wildman–Crippen LogP) is 3.11. The van der Waals surface area contributed by atoms with E-state index >= 15 is 0 Å². The van der Waals surface area contributed by atoms with Gasteiger partial charge in [0.05, 0.1) is 14.2 Å². The average molecular weight is 277 g/mol. The van der Waals surface area contributed by atoms with Crippen LogP contribution in [0.15, 0.2) is 18.2 Å². The first kappa shape index (κ1) is 14.7. The summed E-state index contributed by atoms with van der Waals surface area (Å²) >= 11 is 0. The number of amides is 1. The van der Waals surface area contributed by atoms with Crippen molar-refractivity contribution in [3.8, 4) is 11.5 Å². The summed E-state index contributed by atoms with van der Waals surface area (Å²) in [7, 11) is 3.18. The van der Waals surface area contributed by atoms with Crippen molar-refractivity contribution >= 4 is 5.91 Å². The lowest BCUT2D eigenvalue weighted by Crippen LogP contribution is -2.38. The number of nitrogens with zero attached hydrogens (tertiary/aromatic N) is 1. The van der Waals surface area contributed by atoms with Gasteiger partial charge in [0.1, 0.15) is 0 Å². The Hall–Kier alpha value is -1.71. The van der Waals surface area contributed by atoms with Crippen molar-refractivity contribution in [2.75, 3.05) is 20.8 Å². The summed E-state index contributed by atoms with van der Waals surface area (Å²) in [5.41, 5.74) is 0.663. The van der Waals surface area contributed by atoms with E-state index in [0.717, 1.165) is 19.4 Å². The third-order valence-corrected chi connectivity index (χ3v) is 4.00. The fourth-order valence-electron chi connectivity index (χ4n) is 2.92. The average Bonchev–Trinajstić information content (AvgIpc) is 3.01. The minimum atomic E-state index is 0.0837. The summed E-state index contributed by atoms with van der Waals surface area (Å²) in [6.07, 6.45) is 4.68. The third-order valence-electron chi connectivity index (χ3n) is 4.00. The number of hydrogen-bond acceptors (Lipinski definition) is 3. The Bertz CT molecular complexity index is 467. The van der Waals surface area contributed by atoms with E-state index in [4.69, 9.17) is 9.47 Å². The normalized spacial score (nSPS) is 15.2. The Morgan fingerprint density at radius 1 is 1.20 bits per heavy atom. The highest BCUT2D eigenvalue weighted by Crippen LogP contribution is 2.30. The van der Waals surface area contributed by atoms with Crippen LogP contribution in [0.4, 0.5) is 0 Å². The number of ether oxygens (including phenoxy) is 2. The molecule has 20 heavy (non-hydrogen) atoms. The predicted molar refractivity (Wildman–Crippen MR) is 78.5 cm³/mol. The van der Waals surface area contributed by atoms with Crippen LogP contribution in [0, 0.1) is 0 Å². The molecule has 0 bridgehead atoms. The van der Waals surface area contributed by atoms with Crippen LogP contribution in [0.25, 0.3) is 0 Å². The van der Waals surface area contributed by atoms with Gasteiger partial charge in [0, 0.05) is 18.2 Å². The lowest BCUT2D eigenvalue weighted by atomic mass is 10.1. The van der Waals surface area contributed by atoms with Crippen LogP contribution in [0.3, 0.4) is 0 Å². The third kappa shape index (κ3) is 2.89. The maximum atomic E-state index is 12.7. The van der Waals surface area contributed by atoms with Gasteiger partial charge in [0.2, 0.25) is 0 Å². The van der Waals surface area contributed by atoms with Crippen LogP contribution in [-0.4, -0.2) is 37.6 Å². The molecule has 0 radical (unpaired) electrons. The maximum Gasteiger partial charge on any atom is 0.254 e. The van der Waals surface area contributed by atoms with Crippen LogP contribution >= 0.6 is 0 Å². The number of benzene rings is 1. The van der Waals surface area contributed by atoms with Crippen LogP contribution in [0.2, 0.25) is 0 Å². The monoisotopic (exact) mass is 277 g/mol. The van der Waals surface area contributed by atoms with Gasteiger partial charge in [-0.05, 0) is 38.0 Å². The second-order valence-electron chi connectivity index (χ2n) is 5.10. The molecule has 0 unspecified atom stereocenters. The molecule has 1 fully saturated rings. The zero-order valence-electron chi connectivity index (χ0n) is 12.5. The van der Waals surface area contributed by atoms with E-state index < -0.39 is 0 Å². The Morgan fingerprint density at radius 3 is 2.40 bits per heavy atom. The fraction of sp³-hybridized carbons (Fsp3) is 0.562. The van der Waals surface area contributed by atoms with E-state index in [1.54, 1.807) is 32.4 Å². The summed E-state index contributed by atoms with van der Waals surface area (Å²) in [5, 5.41) is 0. The van der Waals surface area contributed by atoms with Crippen molar-refractivity contribution in [1.29, 1.82) is 0 Å². The van der Waals surface area contributed by atoms with Crippen molar-refractivity contribution in [3.63, 3.8) is 0 Å². The number of carbonyl (C=O) groups is 1. The van der Waals surface area contributed by atoms with Crippen LogP contribution in [-0.2, 0) is 0 Å². The quantitative estimate of drug-likeness (QED) is 0.830. The number of hydrogen-bond donors (Lipinski definition) is 0. The Balaban J connectivity index is 2.22. The van der Waals surface area contributed by atoms with Gasteiger partial charge in [0.15, 0.2) is 11.5 Å². The molecule has 0 N–H and O–H groups in total. The molecule has 0 aliphatic heterocycles. The minimum absolute atomic E-state index is 0.0837. The molecule has 1 aliphatic carbocycles. The molecular weight excluding hydrogens is 254 g/mol. The van der Waals surface area contributed by atoms with Gasteiger partial charge >= 0.3 is 0 Å². The lowest BCUT2D eigenvalue weighted by Gasteiger charge is -2.28. The molecule has 0 atom stereocenters. The topological polar surface area (TPSA) is 38.8 Å². The first-order valence-electron chi connectivity index (χ1n) is 7.24.